The van der Waals surface area contributed by atoms with Gasteiger partial charge in [0.15, 0.2) is 5.96 Å². The molecule has 2 rings (SSSR count). The molecule has 1 aliphatic rings. The van der Waals surface area contributed by atoms with Crippen molar-refractivity contribution in [2.24, 2.45) is 39.8 Å². The van der Waals surface area contributed by atoms with Gasteiger partial charge in [0, 0.05) is 19.5 Å². The van der Waals surface area contributed by atoms with Gasteiger partial charge in [-0.05, 0) is 69.1 Å². The minimum Gasteiger partial charge on any atom is -0.508 e. The van der Waals surface area contributed by atoms with Crippen LogP contribution in [-0.4, -0.2) is 159 Å². The van der Waals surface area contributed by atoms with Gasteiger partial charge in [0.2, 0.25) is 53.2 Å². The third-order valence-electron chi connectivity index (χ3n) is 11.7. The predicted molar refractivity (Wildman–Crippen MR) is 257 cm³/mol. The van der Waals surface area contributed by atoms with Gasteiger partial charge in [-0.1, -0.05) is 46.2 Å². The van der Waals surface area contributed by atoms with Crippen LogP contribution in [-0.2, 0) is 59.2 Å². The summed E-state index contributed by atoms with van der Waals surface area (Å²) in [5.74, 6) is -12.0. The van der Waals surface area contributed by atoms with Crippen LogP contribution in [0.25, 0.3) is 0 Å². The molecule has 9 amide bonds. The third-order valence-corrected chi connectivity index (χ3v) is 11.7. The van der Waals surface area contributed by atoms with Crippen molar-refractivity contribution >= 4 is 71.1 Å². The second-order valence-corrected chi connectivity index (χ2v) is 18.0. The summed E-state index contributed by atoms with van der Waals surface area (Å²) in [6, 6.07) is -6.69. The van der Waals surface area contributed by atoms with E-state index in [-0.39, 0.29) is 50.5 Å². The van der Waals surface area contributed by atoms with Crippen LogP contribution in [0.5, 0.6) is 5.75 Å². The summed E-state index contributed by atoms with van der Waals surface area (Å²) in [4.78, 5) is 149. The molecular weight excluding hydrogens is 947 g/mol. The van der Waals surface area contributed by atoms with Gasteiger partial charge in [-0.15, -0.1) is 0 Å². The highest BCUT2D eigenvalue weighted by molar-refractivity contribution is 5.99. The van der Waals surface area contributed by atoms with Gasteiger partial charge in [0.1, 0.15) is 54.1 Å². The van der Waals surface area contributed by atoms with Crippen molar-refractivity contribution in [3.05, 3.63) is 29.8 Å². The van der Waals surface area contributed by atoms with E-state index < -0.39 is 144 Å². The number of carbonyl (C=O) groups is 11. The van der Waals surface area contributed by atoms with Gasteiger partial charge in [-0.25, -0.2) is 4.79 Å². The van der Waals surface area contributed by atoms with Gasteiger partial charge < -0.3 is 80.4 Å². The number of carbonyl (C=O) groups excluding carboxylic acids is 9. The Hall–Kier alpha value is -7.58. The van der Waals surface area contributed by atoms with E-state index in [9.17, 15) is 63.0 Å². The van der Waals surface area contributed by atoms with E-state index in [0.29, 0.717) is 18.4 Å². The van der Waals surface area contributed by atoms with Gasteiger partial charge in [0.25, 0.3) is 0 Å². The molecule has 10 atom stereocenters. The molecule has 27 nitrogen and oxygen atoms in total. The van der Waals surface area contributed by atoms with Gasteiger partial charge in [0.05, 0.1) is 18.9 Å². The molecule has 0 spiro atoms. The zero-order chi connectivity index (χ0) is 54.6. The number of benzene rings is 1. The highest BCUT2D eigenvalue weighted by atomic mass is 16.4. The number of rotatable bonds is 29. The molecule has 1 heterocycles. The van der Waals surface area contributed by atoms with Gasteiger partial charge in [-0.3, -0.25) is 52.9 Å². The standard InChI is InChI=1S/C45H71N13O14/c1-7-22(4)35(42(69)56-34(21(2)3)44(71)72)57-37(64)24(6)51-40(67)29(20-32(47)60)54-36(63)23(5)52-41(68)31-11-9-17-58(31)43(70)30(18-25-12-14-26(59)15-13-25)55-39(66)28(10-8-16-50-45(48)49)53-38(65)27(46)19-33(61)62/h12-15,21-24,27-31,34-35,59H,7-11,16-20,46H2,1-6H3,(H2,47,60)(H,51,67)(H,52,68)(H,53,65)(H,54,63)(H,55,66)(H,56,69)(H,57,64)(H,61,62)(H,71,72)(H4,48,49,50)/t22-,23-,24-,27-,28-,29-,30-,31-,34-,35-/m0/s1. The first-order valence-electron chi connectivity index (χ1n) is 23.4. The summed E-state index contributed by atoms with van der Waals surface area (Å²) < 4.78 is 0. The number of carboxylic acid groups (broad SMARTS) is 2. The average molecular weight is 1020 g/mol. The second kappa shape index (κ2) is 28.9. The maximum Gasteiger partial charge on any atom is 0.326 e. The number of hydrogen-bond donors (Lipinski definition) is 14. The van der Waals surface area contributed by atoms with Crippen molar-refractivity contribution in [3.8, 4) is 5.75 Å². The predicted octanol–water partition coefficient (Wildman–Crippen LogP) is -4.12. The molecule has 0 unspecified atom stereocenters. The summed E-state index contributed by atoms with van der Waals surface area (Å²) in [6.07, 6.45) is -0.794. The van der Waals surface area contributed by atoms with Gasteiger partial charge in [-0.2, -0.15) is 0 Å². The van der Waals surface area contributed by atoms with Crippen molar-refractivity contribution in [2.75, 3.05) is 13.1 Å². The van der Waals surface area contributed by atoms with Crippen LogP contribution in [0.1, 0.15) is 92.1 Å². The molecule has 1 aliphatic heterocycles. The second-order valence-electron chi connectivity index (χ2n) is 18.0. The number of aliphatic imine (C=N–C) groups is 1. The minimum absolute atomic E-state index is 0.0262. The lowest BCUT2D eigenvalue weighted by atomic mass is 9.96. The summed E-state index contributed by atoms with van der Waals surface area (Å²) in [5.41, 5.74) is 22.4. The Morgan fingerprint density at radius 3 is 1.81 bits per heavy atom. The number of carboxylic acids is 2. The quantitative estimate of drug-likeness (QED) is 0.0206. The molecule has 1 saturated heterocycles. The van der Waals surface area contributed by atoms with Crippen LogP contribution >= 0.6 is 0 Å². The highest BCUT2D eigenvalue weighted by Crippen LogP contribution is 2.21. The smallest absolute Gasteiger partial charge is 0.326 e. The van der Waals surface area contributed by atoms with Crippen molar-refractivity contribution in [3.63, 3.8) is 0 Å². The van der Waals surface area contributed by atoms with Crippen LogP contribution in [0.3, 0.4) is 0 Å². The molecule has 72 heavy (non-hydrogen) atoms. The van der Waals surface area contributed by atoms with Crippen molar-refractivity contribution in [1.29, 1.82) is 0 Å². The van der Waals surface area contributed by atoms with E-state index in [1.165, 1.54) is 43.0 Å². The molecule has 18 N–H and O–H groups in total. The van der Waals surface area contributed by atoms with E-state index in [0.717, 1.165) is 0 Å². The fraction of sp³-hybridized carbons (Fsp3) is 0.600. The van der Waals surface area contributed by atoms with Crippen LogP contribution in [0.15, 0.2) is 29.3 Å². The number of guanidine groups is 1. The zero-order valence-corrected chi connectivity index (χ0v) is 41.3. The number of amides is 9. The molecular formula is C45H71N13O14. The number of nitrogens with one attached hydrogen (secondary N) is 7. The van der Waals surface area contributed by atoms with E-state index in [4.69, 9.17) is 28.0 Å². The SMILES string of the molecule is CC[C@H](C)[C@H](NC(=O)[C@H](C)NC(=O)[C@H](CC(N)=O)NC(=O)[C@H](C)NC(=O)[C@@H]1CCCN1C(=O)[C@H](Cc1ccc(O)cc1)NC(=O)[C@H](CCCN=C(N)N)NC(=O)[C@@H](N)CC(=O)O)C(=O)N[C@H](C(=O)O)C(C)C. The summed E-state index contributed by atoms with van der Waals surface area (Å²) in [6.45, 7) is 9.19. The summed E-state index contributed by atoms with van der Waals surface area (Å²) >= 11 is 0. The lowest BCUT2D eigenvalue weighted by Gasteiger charge is -2.30. The van der Waals surface area contributed by atoms with Gasteiger partial charge >= 0.3 is 11.9 Å². The Morgan fingerprint density at radius 1 is 0.694 bits per heavy atom. The first-order valence-corrected chi connectivity index (χ1v) is 23.4. The number of nitrogens with two attached hydrogens (primary N) is 4. The Labute approximate surface area is 416 Å². The van der Waals surface area contributed by atoms with Crippen LogP contribution in [0.4, 0.5) is 0 Å². The van der Waals surface area contributed by atoms with Crippen molar-refractivity contribution in [1.82, 2.24) is 42.1 Å². The number of nitrogens with zero attached hydrogens (tertiary/aromatic N) is 2. The molecule has 1 fully saturated rings. The topological polar surface area (TPSA) is 452 Å². The number of primary amides is 1. The molecule has 400 valence electrons. The van der Waals surface area contributed by atoms with E-state index in [2.05, 4.69) is 42.2 Å². The highest BCUT2D eigenvalue weighted by Gasteiger charge is 2.40. The Kier molecular flexibility index (Phi) is 24.3. The number of likely N-dealkylation sites (tertiary alicyclic amines) is 1. The van der Waals surface area contributed by atoms with Crippen molar-refractivity contribution in [2.45, 2.75) is 147 Å². The van der Waals surface area contributed by atoms with E-state index in [1.54, 1.807) is 27.7 Å². The maximum atomic E-state index is 14.4. The molecule has 0 radical (unpaired) electrons. The monoisotopic (exact) mass is 1020 g/mol. The third kappa shape index (κ3) is 19.7. The zero-order valence-electron chi connectivity index (χ0n) is 41.3. The van der Waals surface area contributed by atoms with E-state index in [1.807, 2.05) is 0 Å². The first-order chi connectivity index (χ1) is 33.7. The molecule has 1 aromatic carbocycles. The number of aliphatic carboxylic acids is 2. The summed E-state index contributed by atoms with van der Waals surface area (Å²) in [5, 5.41) is 45.8. The normalized spacial score (nSPS) is 16.9. The maximum absolute atomic E-state index is 14.4. The van der Waals surface area contributed by atoms with Crippen LogP contribution in [0, 0.1) is 11.8 Å². The minimum atomic E-state index is -1.66. The number of aromatic hydroxyl groups is 1. The fourth-order valence-electron chi connectivity index (χ4n) is 7.37. The number of hydrogen-bond acceptors (Lipinski definition) is 14. The lowest BCUT2D eigenvalue weighted by molar-refractivity contribution is -0.144. The molecule has 0 bridgehead atoms. The Morgan fingerprint density at radius 2 is 1.25 bits per heavy atom. The largest absolute Gasteiger partial charge is 0.508 e. The first kappa shape index (κ1) is 60.5. The fourth-order valence-corrected chi connectivity index (χ4v) is 7.37. The van der Waals surface area contributed by atoms with Crippen molar-refractivity contribution < 1.29 is 68.1 Å². The molecule has 1 aromatic rings. The van der Waals surface area contributed by atoms with Crippen LogP contribution in [0.2, 0.25) is 0 Å². The molecule has 0 aliphatic carbocycles. The average Bonchev–Trinajstić information content (AvgIpc) is 3.80. The summed E-state index contributed by atoms with van der Waals surface area (Å²) in [7, 11) is 0. The Balaban J connectivity index is 2.28. The lowest BCUT2D eigenvalue weighted by Crippen LogP contribution is -2.60. The van der Waals surface area contributed by atoms with E-state index >= 15 is 0 Å². The Bertz CT molecular complexity index is 2150. The number of phenols is 1. The molecule has 27 heteroatoms. The molecule has 0 aromatic heterocycles. The van der Waals surface area contributed by atoms with Crippen LogP contribution < -0.4 is 60.2 Å². The molecule has 0 saturated carbocycles. The number of phenolic OH excluding ortho intramolecular Hbond substituents is 1.